The summed E-state index contributed by atoms with van der Waals surface area (Å²) in [5.41, 5.74) is 2.26. The van der Waals surface area contributed by atoms with E-state index in [4.69, 9.17) is 4.74 Å². The number of carbonyl (C=O) groups excluding carboxylic acids is 2. The Morgan fingerprint density at radius 1 is 1.22 bits per heavy atom. The number of hydrogen-bond acceptors (Lipinski definition) is 4. The number of rotatable bonds is 3. The maximum Gasteiger partial charge on any atom is 0.338 e. The van der Waals surface area contributed by atoms with Gasteiger partial charge in [0.15, 0.2) is 6.61 Å². The molecule has 0 fully saturated rings. The minimum absolute atomic E-state index is 0.0336. The van der Waals surface area contributed by atoms with Gasteiger partial charge in [0.1, 0.15) is 5.75 Å². The first-order chi connectivity index (χ1) is 11.1. The van der Waals surface area contributed by atoms with Crippen molar-refractivity contribution in [3.63, 3.8) is 0 Å². The molecule has 0 saturated heterocycles. The number of benzene rings is 2. The zero-order valence-corrected chi connectivity index (χ0v) is 13.7. The number of para-hydroxylation sites is 1. The average Bonchev–Trinajstić information content (AvgIpc) is 2.99. The molecule has 2 aromatic rings. The van der Waals surface area contributed by atoms with Crippen molar-refractivity contribution < 1.29 is 19.4 Å². The quantitative estimate of drug-likeness (QED) is 0.837. The molecule has 0 unspecified atom stereocenters. The largest absolute Gasteiger partial charge is 0.507 e. The highest BCUT2D eigenvalue weighted by Crippen LogP contribution is 2.27. The number of phenols is 1. The molecule has 0 bridgehead atoms. The molecule has 1 aliphatic rings. The summed E-state index contributed by atoms with van der Waals surface area (Å²) in [7, 11) is 0. The zero-order valence-electron chi connectivity index (χ0n) is 12.2. The normalized spacial score (nSPS) is 12.8. The lowest BCUT2D eigenvalue weighted by Crippen LogP contribution is -2.33. The topological polar surface area (TPSA) is 66.8 Å². The number of fused-ring (bicyclic) bond motifs is 1. The number of carbonyl (C=O) groups is 2. The van der Waals surface area contributed by atoms with Crippen molar-refractivity contribution in [2.45, 2.75) is 6.42 Å². The molecule has 23 heavy (non-hydrogen) atoms. The number of aromatic hydroxyl groups is 1. The second-order valence-corrected chi connectivity index (χ2v) is 6.02. The van der Waals surface area contributed by atoms with Gasteiger partial charge < -0.3 is 14.7 Å². The third kappa shape index (κ3) is 3.22. The van der Waals surface area contributed by atoms with Crippen LogP contribution in [-0.4, -0.2) is 30.1 Å². The van der Waals surface area contributed by atoms with Crippen LogP contribution >= 0.6 is 15.9 Å². The Labute approximate surface area is 141 Å². The molecule has 5 nitrogen and oxygen atoms in total. The molecule has 0 spiro atoms. The van der Waals surface area contributed by atoms with Crippen LogP contribution in [0.25, 0.3) is 0 Å². The summed E-state index contributed by atoms with van der Waals surface area (Å²) in [5, 5.41) is 9.42. The fourth-order valence-corrected chi connectivity index (χ4v) is 2.90. The van der Waals surface area contributed by atoms with Crippen LogP contribution in [0.3, 0.4) is 0 Å². The third-order valence-electron chi connectivity index (χ3n) is 3.70. The van der Waals surface area contributed by atoms with E-state index in [-0.39, 0.29) is 23.8 Å². The van der Waals surface area contributed by atoms with Crippen molar-refractivity contribution in [1.82, 2.24) is 0 Å². The van der Waals surface area contributed by atoms with Gasteiger partial charge in [0.05, 0.1) is 10.0 Å². The second-order valence-electron chi connectivity index (χ2n) is 5.17. The standard InChI is InChI=1S/C17H14BrNO4/c18-13-9-12(5-6-15(13)20)17(22)23-10-16(21)19-8-7-11-3-1-2-4-14(11)19/h1-6,9,20H,7-8,10H2. The minimum Gasteiger partial charge on any atom is -0.507 e. The van der Waals surface area contributed by atoms with Gasteiger partial charge >= 0.3 is 5.97 Å². The van der Waals surface area contributed by atoms with E-state index >= 15 is 0 Å². The summed E-state index contributed by atoms with van der Waals surface area (Å²) >= 11 is 3.13. The van der Waals surface area contributed by atoms with Crippen molar-refractivity contribution >= 4 is 33.5 Å². The van der Waals surface area contributed by atoms with Crippen LogP contribution in [0.15, 0.2) is 46.9 Å². The van der Waals surface area contributed by atoms with Crippen LogP contribution in [0, 0.1) is 0 Å². The third-order valence-corrected chi connectivity index (χ3v) is 4.33. The SMILES string of the molecule is O=C(OCC(=O)N1CCc2ccccc21)c1ccc(O)c(Br)c1. The molecule has 1 amide bonds. The number of nitrogens with zero attached hydrogens (tertiary/aromatic N) is 1. The van der Waals surface area contributed by atoms with Gasteiger partial charge in [0, 0.05) is 12.2 Å². The van der Waals surface area contributed by atoms with E-state index in [9.17, 15) is 14.7 Å². The van der Waals surface area contributed by atoms with Crippen molar-refractivity contribution in [3.05, 3.63) is 58.1 Å². The lowest BCUT2D eigenvalue weighted by molar-refractivity contribution is -0.121. The summed E-state index contributed by atoms with van der Waals surface area (Å²) in [4.78, 5) is 25.9. The maximum atomic E-state index is 12.3. The first kappa shape index (κ1) is 15.6. The van der Waals surface area contributed by atoms with Crippen LogP contribution in [0.4, 0.5) is 5.69 Å². The van der Waals surface area contributed by atoms with E-state index < -0.39 is 5.97 Å². The summed E-state index contributed by atoms with van der Waals surface area (Å²) < 4.78 is 5.47. The van der Waals surface area contributed by atoms with E-state index in [1.165, 1.54) is 18.2 Å². The van der Waals surface area contributed by atoms with E-state index in [1.807, 2.05) is 24.3 Å². The van der Waals surface area contributed by atoms with Crippen LogP contribution in [-0.2, 0) is 16.0 Å². The van der Waals surface area contributed by atoms with Gasteiger partial charge in [-0.1, -0.05) is 18.2 Å². The highest BCUT2D eigenvalue weighted by molar-refractivity contribution is 9.10. The van der Waals surface area contributed by atoms with Crippen molar-refractivity contribution in [1.29, 1.82) is 0 Å². The molecule has 0 aliphatic carbocycles. The Morgan fingerprint density at radius 2 is 2.00 bits per heavy atom. The molecule has 1 heterocycles. The molecule has 0 aromatic heterocycles. The van der Waals surface area contributed by atoms with Crippen LogP contribution in [0.5, 0.6) is 5.75 Å². The number of anilines is 1. The van der Waals surface area contributed by atoms with E-state index in [1.54, 1.807) is 4.90 Å². The minimum atomic E-state index is -0.605. The Morgan fingerprint density at radius 3 is 2.78 bits per heavy atom. The highest BCUT2D eigenvalue weighted by atomic mass is 79.9. The lowest BCUT2D eigenvalue weighted by Gasteiger charge is -2.17. The summed E-state index contributed by atoms with van der Waals surface area (Å²) in [6, 6.07) is 12.0. The van der Waals surface area contributed by atoms with Gasteiger partial charge in [-0.25, -0.2) is 4.79 Å². The van der Waals surface area contributed by atoms with E-state index in [0.717, 1.165) is 17.7 Å². The summed E-state index contributed by atoms with van der Waals surface area (Å²) in [6.07, 6.45) is 0.806. The molecule has 0 atom stereocenters. The zero-order chi connectivity index (χ0) is 16.4. The van der Waals surface area contributed by atoms with Crippen LogP contribution in [0.2, 0.25) is 0 Å². The number of halogens is 1. The van der Waals surface area contributed by atoms with Crippen molar-refractivity contribution in [2.24, 2.45) is 0 Å². The van der Waals surface area contributed by atoms with Crippen molar-refractivity contribution in [2.75, 3.05) is 18.1 Å². The van der Waals surface area contributed by atoms with Gasteiger partial charge in [0.2, 0.25) is 0 Å². The van der Waals surface area contributed by atoms with E-state index in [2.05, 4.69) is 15.9 Å². The van der Waals surface area contributed by atoms with Gasteiger partial charge in [-0.05, 0) is 52.2 Å². The summed E-state index contributed by atoms with van der Waals surface area (Å²) in [6.45, 7) is 0.284. The van der Waals surface area contributed by atoms with Crippen molar-refractivity contribution in [3.8, 4) is 5.75 Å². The molecular formula is C17H14BrNO4. The fraction of sp³-hybridized carbons (Fsp3) is 0.176. The molecule has 1 N–H and O–H groups in total. The van der Waals surface area contributed by atoms with Crippen LogP contribution < -0.4 is 4.90 Å². The Balaban J connectivity index is 1.63. The van der Waals surface area contributed by atoms with Gasteiger partial charge in [-0.3, -0.25) is 4.79 Å². The molecule has 6 heteroatoms. The van der Waals surface area contributed by atoms with Gasteiger partial charge in [0.25, 0.3) is 5.91 Å². The van der Waals surface area contributed by atoms with Crippen LogP contribution in [0.1, 0.15) is 15.9 Å². The number of ether oxygens (including phenoxy) is 1. The van der Waals surface area contributed by atoms with Gasteiger partial charge in [-0.15, -0.1) is 0 Å². The first-order valence-electron chi connectivity index (χ1n) is 7.10. The Bertz CT molecular complexity index is 775. The predicted octanol–water partition coefficient (Wildman–Crippen LogP) is 2.90. The lowest BCUT2D eigenvalue weighted by atomic mass is 10.2. The highest BCUT2D eigenvalue weighted by Gasteiger charge is 2.25. The summed E-state index contributed by atoms with van der Waals surface area (Å²) in [5.74, 6) is -0.820. The average molecular weight is 376 g/mol. The number of phenolic OH excluding ortho intramolecular Hbond substituents is 1. The fourth-order valence-electron chi connectivity index (χ4n) is 2.52. The smallest absolute Gasteiger partial charge is 0.338 e. The molecule has 1 aliphatic heterocycles. The molecule has 2 aromatic carbocycles. The first-order valence-corrected chi connectivity index (χ1v) is 7.89. The van der Waals surface area contributed by atoms with E-state index in [0.29, 0.717) is 11.0 Å². The monoisotopic (exact) mass is 375 g/mol. The maximum absolute atomic E-state index is 12.3. The Kier molecular flexibility index (Phi) is 4.34. The number of hydrogen-bond donors (Lipinski definition) is 1. The predicted molar refractivity (Wildman–Crippen MR) is 88.6 cm³/mol. The Hall–Kier alpha value is -2.34. The molecule has 3 rings (SSSR count). The number of esters is 1. The molecule has 0 saturated carbocycles. The van der Waals surface area contributed by atoms with Gasteiger partial charge in [-0.2, -0.15) is 0 Å². The number of amides is 1. The molecular weight excluding hydrogens is 362 g/mol. The second kappa shape index (κ2) is 6.42. The molecule has 0 radical (unpaired) electrons. The molecule has 118 valence electrons.